The van der Waals surface area contributed by atoms with Crippen molar-refractivity contribution in [1.82, 2.24) is 8.83 Å². The monoisotopic (exact) mass is 581 g/mol. The zero-order valence-electron chi connectivity index (χ0n) is 21.7. The second-order valence-corrected chi connectivity index (χ2v) is 11.8. The molecule has 202 valence electrons. The first kappa shape index (κ1) is 31.7. The van der Waals surface area contributed by atoms with Gasteiger partial charge in [0.05, 0.1) is 86.8 Å². The van der Waals surface area contributed by atoms with Crippen molar-refractivity contribution >= 4 is 32.3 Å². The normalized spacial score (nSPS) is 15.8. The van der Waals surface area contributed by atoms with Gasteiger partial charge in [-0.3, -0.25) is 3.93 Å². The third-order valence-electron chi connectivity index (χ3n) is 5.48. The quantitative estimate of drug-likeness (QED) is 0.152. The predicted molar refractivity (Wildman–Crippen MR) is 136 cm³/mol. The molecule has 0 spiro atoms. The number of rotatable bonds is 13. The number of halogens is 1. The third-order valence-corrected chi connectivity index (χ3v) is 7.59. The van der Waals surface area contributed by atoms with Gasteiger partial charge in [0, 0.05) is 13.7 Å². The Bertz CT molecular complexity index is 880. The lowest BCUT2D eigenvalue weighted by molar-refractivity contribution is -0.890. The van der Waals surface area contributed by atoms with Crippen LogP contribution in [0.2, 0.25) is 0 Å². The van der Waals surface area contributed by atoms with Gasteiger partial charge in [-0.25, -0.2) is 13.2 Å². The average Bonchev–Trinajstić information content (AvgIpc) is 2.97. The summed E-state index contributed by atoms with van der Waals surface area (Å²) in [7, 11) is 1.71. The van der Waals surface area contributed by atoms with Gasteiger partial charge in [-0.2, -0.15) is 0 Å². The number of hydrogen-bond acceptors (Lipinski definition) is 7. The second kappa shape index (κ2) is 14.5. The number of aryl methyl sites for hydroxylation is 1. The van der Waals surface area contributed by atoms with Crippen molar-refractivity contribution in [3.8, 4) is 0 Å². The minimum atomic E-state index is -4.27. The number of amides is 2. The molecule has 0 saturated carbocycles. The molecule has 0 N–H and O–H groups in total. The molecular weight excluding hydrogens is 542 g/mol. The van der Waals surface area contributed by atoms with Gasteiger partial charge in [0.1, 0.15) is 16.7 Å². The highest BCUT2D eigenvalue weighted by atomic mass is 79.9. The largest absolute Gasteiger partial charge is 0.744 e. The molecule has 0 radical (unpaired) electrons. The smallest absolute Gasteiger partial charge is 0.330 e. The van der Waals surface area contributed by atoms with Crippen LogP contribution >= 0.6 is 16.1 Å². The van der Waals surface area contributed by atoms with Crippen LogP contribution < -0.4 is 0 Å². The van der Waals surface area contributed by atoms with Crippen LogP contribution in [-0.4, -0.2) is 118 Å². The summed E-state index contributed by atoms with van der Waals surface area (Å²) in [6.45, 7) is 12.3. The molecule has 0 atom stereocenters. The molecule has 0 bridgehead atoms. The molecule has 2 rings (SSSR count). The molecule has 2 amide bonds. The van der Waals surface area contributed by atoms with E-state index < -0.39 is 10.1 Å². The summed E-state index contributed by atoms with van der Waals surface area (Å²) < 4.78 is 49.5. The molecule has 1 heterocycles. The summed E-state index contributed by atoms with van der Waals surface area (Å²) in [6.07, 6.45) is 0. The lowest BCUT2D eigenvalue weighted by Gasteiger charge is -2.31. The van der Waals surface area contributed by atoms with E-state index >= 15 is 0 Å². The molecule has 0 aromatic heterocycles. The molecule has 1 aromatic rings. The molecular formula is C23H40BrN3O7S. The number of nitrogens with zero attached hydrogens (tertiary/aromatic N) is 3. The van der Waals surface area contributed by atoms with Gasteiger partial charge in [0.25, 0.3) is 0 Å². The van der Waals surface area contributed by atoms with Gasteiger partial charge in [-0.05, 0) is 32.9 Å². The summed E-state index contributed by atoms with van der Waals surface area (Å²) >= 11 is 3.36. The number of carbonyl (C=O) groups is 1. The van der Waals surface area contributed by atoms with Gasteiger partial charge in [0.2, 0.25) is 0 Å². The number of ether oxygens (including phenoxy) is 3. The van der Waals surface area contributed by atoms with Crippen molar-refractivity contribution in [2.24, 2.45) is 0 Å². The number of quaternary nitrogens is 1. The van der Waals surface area contributed by atoms with E-state index in [4.69, 9.17) is 14.2 Å². The summed E-state index contributed by atoms with van der Waals surface area (Å²) in [5.41, 5.74) is 0.762. The van der Waals surface area contributed by atoms with E-state index in [0.717, 1.165) is 36.2 Å². The Kier molecular flexibility index (Phi) is 13.1. The first-order valence-electron chi connectivity index (χ1n) is 11.4. The minimum absolute atomic E-state index is 0.0458. The van der Waals surface area contributed by atoms with Gasteiger partial charge < -0.3 is 28.1 Å². The van der Waals surface area contributed by atoms with E-state index in [1.54, 1.807) is 23.2 Å². The van der Waals surface area contributed by atoms with Gasteiger partial charge in [-0.15, -0.1) is 0 Å². The molecule has 10 nitrogen and oxygen atoms in total. The first-order valence-corrected chi connectivity index (χ1v) is 13.6. The van der Waals surface area contributed by atoms with Crippen molar-refractivity contribution in [2.75, 3.05) is 80.4 Å². The van der Waals surface area contributed by atoms with Crippen LogP contribution in [0.3, 0.4) is 0 Å². The SMILES string of the molecule is COCCOCCOCC[N+](C)(C)CCN1CC(C)(C)N(Br)C1=O.Cc1ccc(S(=O)(=O)[O-])cc1. The molecule has 12 heteroatoms. The fourth-order valence-corrected chi connectivity index (χ4v) is 3.94. The van der Waals surface area contributed by atoms with Crippen molar-refractivity contribution < 1.29 is 36.5 Å². The lowest BCUT2D eigenvalue weighted by Crippen LogP contribution is -2.47. The number of urea groups is 1. The van der Waals surface area contributed by atoms with Gasteiger partial charge >= 0.3 is 6.03 Å². The Morgan fingerprint density at radius 3 is 2.06 bits per heavy atom. The zero-order valence-corrected chi connectivity index (χ0v) is 24.1. The highest BCUT2D eigenvalue weighted by Gasteiger charge is 2.42. The fraction of sp³-hybridized carbons (Fsp3) is 0.696. The van der Waals surface area contributed by atoms with E-state index in [1.807, 2.05) is 11.8 Å². The van der Waals surface area contributed by atoms with Crippen molar-refractivity contribution in [3.05, 3.63) is 29.8 Å². The summed E-state index contributed by atoms with van der Waals surface area (Å²) in [6, 6.07) is 5.83. The number of benzene rings is 1. The number of methoxy groups -OCH3 is 1. The van der Waals surface area contributed by atoms with Crippen LogP contribution in [-0.2, 0) is 24.3 Å². The Balaban J connectivity index is 0.000000462. The van der Waals surface area contributed by atoms with Crippen molar-refractivity contribution in [1.29, 1.82) is 0 Å². The predicted octanol–water partition coefficient (Wildman–Crippen LogP) is 2.47. The van der Waals surface area contributed by atoms with E-state index in [2.05, 4.69) is 44.1 Å². The molecule has 1 fully saturated rings. The maximum absolute atomic E-state index is 12.2. The molecule has 1 aromatic carbocycles. The van der Waals surface area contributed by atoms with Crippen molar-refractivity contribution in [3.63, 3.8) is 0 Å². The van der Waals surface area contributed by atoms with Crippen LogP contribution in [0.25, 0.3) is 0 Å². The summed E-state index contributed by atoms with van der Waals surface area (Å²) in [4.78, 5) is 13.9. The van der Waals surface area contributed by atoms with Gasteiger partial charge in [0.15, 0.2) is 0 Å². The molecule has 1 aliphatic heterocycles. The highest BCUT2D eigenvalue weighted by molar-refractivity contribution is 9.07. The molecule has 0 aliphatic carbocycles. The Hall–Kier alpha value is -1.28. The number of carbonyl (C=O) groups excluding carboxylic acids is 1. The van der Waals surface area contributed by atoms with E-state index in [0.29, 0.717) is 33.0 Å². The Labute approximate surface area is 218 Å². The van der Waals surface area contributed by atoms with Gasteiger partial charge in [-0.1, -0.05) is 17.7 Å². The van der Waals surface area contributed by atoms with Crippen LogP contribution in [0, 0.1) is 6.92 Å². The van der Waals surface area contributed by atoms with Crippen LogP contribution in [0.1, 0.15) is 19.4 Å². The number of hydrogen-bond donors (Lipinski definition) is 0. The fourth-order valence-electron chi connectivity index (χ4n) is 3.14. The standard InChI is InChI=1S/C16H33BrN3O4.C7H8O3S/c1-16(2)14-18(15(21)19(16)17)6-7-20(3,4)8-9-23-12-13-24-11-10-22-5;1-6-2-4-7(5-3-6)11(8,9)10/h6-14H2,1-5H3;2-5H,1H3,(H,8,9,10)/q+1;/p-1. The van der Waals surface area contributed by atoms with E-state index in [9.17, 15) is 17.8 Å². The zero-order chi connectivity index (χ0) is 26.7. The molecule has 0 unspecified atom stereocenters. The third kappa shape index (κ3) is 12.0. The van der Waals surface area contributed by atoms with E-state index in [1.165, 1.54) is 12.1 Å². The maximum atomic E-state index is 12.2. The van der Waals surface area contributed by atoms with E-state index in [-0.39, 0.29) is 16.5 Å². The summed E-state index contributed by atoms with van der Waals surface area (Å²) in [5, 5.41) is 0. The van der Waals surface area contributed by atoms with Crippen molar-refractivity contribution in [2.45, 2.75) is 31.2 Å². The summed E-state index contributed by atoms with van der Waals surface area (Å²) in [5.74, 6) is 0. The molecule has 1 aliphatic rings. The minimum Gasteiger partial charge on any atom is -0.744 e. The van der Waals surface area contributed by atoms with Crippen LogP contribution in [0.4, 0.5) is 4.79 Å². The molecule has 1 saturated heterocycles. The second-order valence-electron chi connectivity index (χ2n) is 9.67. The first-order chi connectivity index (χ1) is 16.2. The highest BCUT2D eigenvalue weighted by Crippen LogP contribution is 2.28. The topological polar surface area (TPSA) is 108 Å². The average molecular weight is 583 g/mol. The maximum Gasteiger partial charge on any atom is 0.330 e. The Morgan fingerprint density at radius 1 is 1.03 bits per heavy atom. The van der Waals surface area contributed by atoms with Crippen LogP contribution in [0.5, 0.6) is 0 Å². The molecule has 35 heavy (non-hydrogen) atoms. The van der Waals surface area contributed by atoms with Crippen LogP contribution in [0.15, 0.2) is 29.2 Å². The number of likely N-dealkylation sites (N-methyl/N-ethyl adjacent to an activating group) is 1. The lowest BCUT2D eigenvalue weighted by atomic mass is 10.1. The Morgan fingerprint density at radius 2 is 1.57 bits per heavy atom.